The van der Waals surface area contributed by atoms with E-state index in [1.165, 1.54) is 6.08 Å². The molecule has 5 nitrogen and oxygen atoms in total. The number of fused-ring (bicyclic) bond motifs is 1. The SMILES string of the molecule is O=C(C=Cc1ccccn1)NCCCc1nc2ccccc2[nH]1. The molecule has 0 atom stereocenters. The third-order valence-corrected chi connectivity index (χ3v) is 3.42. The Labute approximate surface area is 134 Å². The van der Waals surface area contributed by atoms with Crippen molar-refractivity contribution in [2.24, 2.45) is 0 Å². The molecular formula is C18H18N4O. The fourth-order valence-corrected chi connectivity index (χ4v) is 2.29. The van der Waals surface area contributed by atoms with Crippen molar-refractivity contribution in [2.45, 2.75) is 12.8 Å². The Bertz CT molecular complexity index is 775. The molecule has 2 N–H and O–H groups in total. The Balaban J connectivity index is 1.42. The minimum Gasteiger partial charge on any atom is -0.353 e. The van der Waals surface area contributed by atoms with Crippen molar-refractivity contribution < 1.29 is 4.79 Å². The predicted octanol–water partition coefficient (Wildman–Crippen LogP) is 2.72. The number of H-pyrrole nitrogens is 1. The number of para-hydroxylation sites is 2. The molecule has 0 saturated carbocycles. The van der Waals surface area contributed by atoms with Gasteiger partial charge in [-0.2, -0.15) is 0 Å². The highest BCUT2D eigenvalue weighted by molar-refractivity contribution is 5.91. The van der Waals surface area contributed by atoms with Crippen molar-refractivity contribution >= 4 is 23.0 Å². The zero-order valence-corrected chi connectivity index (χ0v) is 12.7. The molecule has 0 unspecified atom stereocenters. The van der Waals surface area contributed by atoms with Crippen molar-refractivity contribution in [3.8, 4) is 0 Å². The Kier molecular flexibility index (Phi) is 4.79. The first-order chi connectivity index (χ1) is 11.3. The van der Waals surface area contributed by atoms with E-state index in [4.69, 9.17) is 0 Å². The molecule has 0 aliphatic heterocycles. The molecule has 0 aliphatic carbocycles. The van der Waals surface area contributed by atoms with Gasteiger partial charge in [0, 0.05) is 25.2 Å². The molecule has 0 spiro atoms. The number of pyridine rings is 1. The molecule has 0 radical (unpaired) electrons. The number of imidazole rings is 1. The van der Waals surface area contributed by atoms with E-state index in [0.29, 0.717) is 6.54 Å². The predicted molar refractivity (Wildman–Crippen MR) is 90.7 cm³/mol. The highest BCUT2D eigenvalue weighted by Gasteiger charge is 2.02. The van der Waals surface area contributed by atoms with Crippen molar-refractivity contribution in [3.05, 3.63) is 66.3 Å². The van der Waals surface area contributed by atoms with E-state index in [9.17, 15) is 4.79 Å². The second-order valence-corrected chi connectivity index (χ2v) is 5.18. The smallest absolute Gasteiger partial charge is 0.244 e. The van der Waals surface area contributed by atoms with Crippen LogP contribution in [-0.4, -0.2) is 27.4 Å². The fraction of sp³-hybridized carbons (Fsp3) is 0.167. The van der Waals surface area contributed by atoms with Crippen LogP contribution in [0.4, 0.5) is 0 Å². The molecule has 2 heterocycles. The van der Waals surface area contributed by atoms with Gasteiger partial charge in [0.25, 0.3) is 0 Å². The van der Waals surface area contributed by atoms with E-state index in [0.717, 1.165) is 35.4 Å². The van der Waals surface area contributed by atoms with Crippen molar-refractivity contribution in [2.75, 3.05) is 6.54 Å². The molecule has 0 bridgehead atoms. The first kappa shape index (κ1) is 15.0. The van der Waals surface area contributed by atoms with Gasteiger partial charge in [-0.1, -0.05) is 18.2 Å². The van der Waals surface area contributed by atoms with Gasteiger partial charge >= 0.3 is 0 Å². The standard InChI is InChI=1S/C18H18N4O/c23-18(11-10-14-6-3-4-12-19-14)20-13-5-9-17-21-15-7-1-2-8-16(15)22-17/h1-4,6-8,10-12H,5,9,13H2,(H,20,23)(H,21,22). The summed E-state index contributed by atoms with van der Waals surface area (Å²) in [5.74, 6) is 0.838. The number of rotatable bonds is 6. The molecular weight excluding hydrogens is 288 g/mol. The highest BCUT2D eigenvalue weighted by Crippen LogP contribution is 2.11. The number of nitrogens with one attached hydrogen (secondary N) is 2. The quantitative estimate of drug-likeness (QED) is 0.543. The van der Waals surface area contributed by atoms with E-state index in [1.54, 1.807) is 12.3 Å². The van der Waals surface area contributed by atoms with Gasteiger partial charge in [-0.3, -0.25) is 9.78 Å². The Hall–Kier alpha value is -2.95. The minimum atomic E-state index is -0.111. The summed E-state index contributed by atoms with van der Waals surface area (Å²) in [5, 5.41) is 2.86. The van der Waals surface area contributed by atoms with Crippen LogP contribution < -0.4 is 5.32 Å². The zero-order chi connectivity index (χ0) is 15.9. The average Bonchev–Trinajstić information content (AvgIpc) is 3.00. The lowest BCUT2D eigenvalue weighted by Crippen LogP contribution is -2.22. The molecule has 1 amide bonds. The van der Waals surface area contributed by atoms with Crippen LogP contribution in [0, 0.1) is 0 Å². The first-order valence-corrected chi connectivity index (χ1v) is 7.62. The van der Waals surface area contributed by atoms with Crippen LogP contribution >= 0.6 is 0 Å². The van der Waals surface area contributed by atoms with Crippen LogP contribution in [0.1, 0.15) is 17.9 Å². The number of amides is 1. The number of aromatic amines is 1. The Morgan fingerprint density at radius 2 is 2.04 bits per heavy atom. The summed E-state index contributed by atoms with van der Waals surface area (Å²) >= 11 is 0. The summed E-state index contributed by atoms with van der Waals surface area (Å²) < 4.78 is 0. The molecule has 1 aromatic carbocycles. The van der Waals surface area contributed by atoms with Crippen LogP contribution in [0.3, 0.4) is 0 Å². The molecule has 3 aromatic rings. The van der Waals surface area contributed by atoms with Gasteiger partial charge in [0.05, 0.1) is 16.7 Å². The van der Waals surface area contributed by atoms with Crippen LogP contribution in [0.2, 0.25) is 0 Å². The second kappa shape index (κ2) is 7.35. The average molecular weight is 306 g/mol. The third kappa shape index (κ3) is 4.26. The highest BCUT2D eigenvalue weighted by atomic mass is 16.1. The number of hydrogen-bond donors (Lipinski definition) is 2. The largest absolute Gasteiger partial charge is 0.353 e. The van der Waals surface area contributed by atoms with Crippen molar-refractivity contribution in [1.82, 2.24) is 20.3 Å². The Morgan fingerprint density at radius 1 is 1.17 bits per heavy atom. The van der Waals surface area contributed by atoms with Crippen LogP contribution in [0.15, 0.2) is 54.7 Å². The summed E-state index contributed by atoms with van der Waals surface area (Å²) in [7, 11) is 0. The maximum atomic E-state index is 11.7. The van der Waals surface area contributed by atoms with Crippen LogP contribution in [-0.2, 0) is 11.2 Å². The van der Waals surface area contributed by atoms with Crippen molar-refractivity contribution in [1.29, 1.82) is 0 Å². The van der Waals surface area contributed by atoms with E-state index < -0.39 is 0 Å². The first-order valence-electron chi connectivity index (χ1n) is 7.62. The normalized spacial score (nSPS) is 11.1. The molecule has 0 aliphatic rings. The maximum Gasteiger partial charge on any atom is 0.244 e. The summed E-state index contributed by atoms with van der Waals surface area (Å²) in [4.78, 5) is 23.6. The minimum absolute atomic E-state index is 0.111. The molecule has 0 saturated heterocycles. The second-order valence-electron chi connectivity index (χ2n) is 5.18. The maximum absolute atomic E-state index is 11.7. The lowest BCUT2D eigenvalue weighted by molar-refractivity contribution is -0.116. The number of carbonyl (C=O) groups is 1. The molecule has 116 valence electrons. The number of nitrogens with zero attached hydrogens (tertiary/aromatic N) is 2. The lowest BCUT2D eigenvalue weighted by Gasteiger charge is -2.00. The lowest BCUT2D eigenvalue weighted by atomic mass is 10.3. The van der Waals surface area contributed by atoms with Gasteiger partial charge < -0.3 is 10.3 Å². The van der Waals surface area contributed by atoms with E-state index in [2.05, 4.69) is 20.3 Å². The summed E-state index contributed by atoms with van der Waals surface area (Å²) in [6, 6.07) is 13.5. The van der Waals surface area contributed by atoms with E-state index in [-0.39, 0.29) is 5.91 Å². The molecule has 5 heteroatoms. The number of benzene rings is 1. The third-order valence-electron chi connectivity index (χ3n) is 3.42. The van der Waals surface area contributed by atoms with Gasteiger partial charge in [-0.05, 0) is 36.8 Å². The zero-order valence-electron chi connectivity index (χ0n) is 12.7. The van der Waals surface area contributed by atoms with Crippen LogP contribution in [0.5, 0.6) is 0 Å². The van der Waals surface area contributed by atoms with Gasteiger partial charge in [0.1, 0.15) is 5.82 Å². The fourth-order valence-electron chi connectivity index (χ4n) is 2.29. The topological polar surface area (TPSA) is 70.7 Å². The number of carbonyl (C=O) groups excluding carboxylic acids is 1. The molecule has 3 rings (SSSR count). The molecule has 0 fully saturated rings. The van der Waals surface area contributed by atoms with E-state index >= 15 is 0 Å². The number of aromatic nitrogens is 3. The van der Waals surface area contributed by atoms with Gasteiger partial charge in [-0.15, -0.1) is 0 Å². The summed E-state index contributed by atoms with van der Waals surface area (Å²) in [6.45, 7) is 0.614. The molecule has 23 heavy (non-hydrogen) atoms. The van der Waals surface area contributed by atoms with Crippen LogP contribution in [0.25, 0.3) is 17.1 Å². The Morgan fingerprint density at radius 3 is 2.87 bits per heavy atom. The number of aryl methyl sites for hydroxylation is 1. The number of hydrogen-bond acceptors (Lipinski definition) is 3. The molecule has 2 aromatic heterocycles. The summed E-state index contributed by atoms with van der Waals surface area (Å²) in [5.41, 5.74) is 2.79. The van der Waals surface area contributed by atoms with Gasteiger partial charge in [0.2, 0.25) is 5.91 Å². The van der Waals surface area contributed by atoms with E-state index in [1.807, 2.05) is 42.5 Å². The monoisotopic (exact) mass is 306 g/mol. The van der Waals surface area contributed by atoms with Gasteiger partial charge in [0.15, 0.2) is 0 Å². The summed E-state index contributed by atoms with van der Waals surface area (Å²) in [6.07, 6.45) is 6.55. The van der Waals surface area contributed by atoms with Gasteiger partial charge in [-0.25, -0.2) is 4.98 Å². The van der Waals surface area contributed by atoms with Crippen molar-refractivity contribution in [3.63, 3.8) is 0 Å².